The summed E-state index contributed by atoms with van der Waals surface area (Å²) >= 11 is 0. The molecule has 1 saturated heterocycles. The Morgan fingerprint density at radius 3 is 2.32 bits per heavy atom. The summed E-state index contributed by atoms with van der Waals surface area (Å²) in [5, 5.41) is 0.686. The van der Waals surface area contributed by atoms with Crippen molar-refractivity contribution in [3.05, 3.63) is 100 Å². The number of fused-ring (bicyclic) bond motifs is 1. The number of carbonyl (C=O) groups is 2. The fraction of sp³-hybridized carbons (Fsp3) is 0.250. The van der Waals surface area contributed by atoms with E-state index in [4.69, 9.17) is 4.74 Å². The van der Waals surface area contributed by atoms with E-state index in [2.05, 4.69) is 9.97 Å². The van der Waals surface area contributed by atoms with Gasteiger partial charge < -0.3 is 14.5 Å². The molecule has 4 heterocycles. The van der Waals surface area contributed by atoms with Crippen molar-refractivity contribution in [1.29, 1.82) is 0 Å². The minimum atomic E-state index is -0.665. The molecule has 3 aromatic heterocycles. The van der Waals surface area contributed by atoms with E-state index in [9.17, 15) is 14.4 Å². The number of rotatable bonds is 6. The lowest BCUT2D eigenvalue weighted by molar-refractivity contribution is 0.0523. The van der Waals surface area contributed by atoms with Crippen LogP contribution in [0, 0.1) is 0 Å². The summed E-state index contributed by atoms with van der Waals surface area (Å²) in [6.07, 6.45) is 3.24. The van der Waals surface area contributed by atoms with E-state index in [0.29, 0.717) is 48.6 Å². The number of hydrogen-bond acceptors (Lipinski definition) is 7. The molecule has 1 aliphatic rings. The molecule has 1 fully saturated rings. The SMILES string of the molecule is CCOC(=O)c1c(N2CCN(C(=O)c3ccccn3)CC2)c2cccnc2n(Cc2ccccc2)c1=O. The summed E-state index contributed by atoms with van der Waals surface area (Å²) in [5.41, 5.74) is 1.84. The summed E-state index contributed by atoms with van der Waals surface area (Å²) in [5.74, 6) is -0.808. The van der Waals surface area contributed by atoms with Crippen molar-refractivity contribution in [3.8, 4) is 0 Å². The van der Waals surface area contributed by atoms with E-state index in [0.717, 1.165) is 5.56 Å². The van der Waals surface area contributed by atoms with Crippen LogP contribution in [0.5, 0.6) is 0 Å². The summed E-state index contributed by atoms with van der Waals surface area (Å²) < 4.78 is 6.87. The molecule has 1 aromatic carbocycles. The second kappa shape index (κ2) is 10.6. The van der Waals surface area contributed by atoms with E-state index >= 15 is 0 Å². The molecule has 9 heteroatoms. The number of ether oxygens (including phenoxy) is 1. The molecule has 0 saturated carbocycles. The first-order chi connectivity index (χ1) is 18.1. The van der Waals surface area contributed by atoms with Crippen LogP contribution in [-0.2, 0) is 11.3 Å². The Bertz CT molecular complexity index is 1480. The monoisotopic (exact) mass is 497 g/mol. The maximum atomic E-state index is 13.8. The van der Waals surface area contributed by atoms with E-state index < -0.39 is 11.5 Å². The van der Waals surface area contributed by atoms with Gasteiger partial charge in [-0.3, -0.25) is 19.1 Å². The Labute approximate surface area is 213 Å². The standard InChI is InChI=1S/C28H27N5O4/c1-2-37-28(36)23-24(31-15-17-32(18-16-31)26(34)22-12-6-7-13-29-22)21-11-8-14-30-25(21)33(27(23)35)19-20-9-4-3-5-10-20/h3-14H,2,15-19H2,1H3. The molecule has 4 aromatic rings. The van der Waals surface area contributed by atoms with Gasteiger partial charge in [-0.25, -0.2) is 9.78 Å². The number of hydrogen-bond donors (Lipinski definition) is 0. The highest BCUT2D eigenvalue weighted by molar-refractivity contribution is 6.04. The van der Waals surface area contributed by atoms with Crippen LogP contribution in [0.1, 0.15) is 33.3 Å². The topological polar surface area (TPSA) is 97.6 Å². The van der Waals surface area contributed by atoms with Gasteiger partial charge in [-0.2, -0.15) is 0 Å². The minimum absolute atomic E-state index is 0.0113. The Kier molecular flexibility index (Phi) is 6.93. The van der Waals surface area contributed by atoms with Crippen molar-refractivity contribution in [2.75, 3.05) is 37.7 Å². The van der Waals surface area contributed by atoms with E-state index in [1.807, 2.05) is 41.3 Å². The van der Waals surface area contributed by atoms with Crippen molar-refractivity contribution in [2.45, 2.75) is 13.5 Å². The lowest BCUT2D eigenvalue weighted by Crippen LogP contribution is -2.50. The predicted molar refractivity (Wildman–Crippen MR) is 140 cm³/mol. The molecule has 188 valence electrons. The molecule has 9 nitrogen and oxygen atoms in total. The molecule has 5 rings (SSSR count). The van der Waals surface area contributed by atoms with Crippen molar-refractivity contribution in [2.24, 2.45) is 0 Å². The average molecular weight is 498 g/mol. The number of amides is 1. The van der Waals surface area contributed by atoms with Gasteiger partial charge in [0.25, 0.3) is 11.5 Å². The average Bonchev–Trinajstić information content (AvgIpc) is 2.95. The molecular formula is C28H27N5O4. The maximum Gasteiger partial charge on any atom is 0.345 e. The van der Waals surface area contributed by atoms with Gasteiger partial charge >= 0.3 is 5.97 Å². The van der Waals surface area contributed by atoms with Gasteiger partial charge in [-0.1, -0.05) is 36.4 Å². The van der Waals surface area contributed by atoms with Crippen molar-refractivity contribution < 1.29 is 14.3 Å². The number of benzene rings is 1. The van der Waals surface area contributed by atoms with Crippen LogP contribution in [-0.4, -0.2) is 64.1 Å². The Hall–Kier alpha value is -4.53. The van der Waals surface area contributed by atoms with Crippen LogP contribution >= 0.6 is 0 Å². The molecular weight excluding hydrogens is 470 g/mol. The lowest BCUT2D eigenvalue weighted by atomic mass is 10.1. The molecule has 37 heavy (non-hydrogen) atoms. The first-order valence-corrected chi connectivity index (χ1v) is 12.3. The van der Waals surface area contributed by atoms with Gasteiger partial charge in [0.05, 0.1) is 18.8 Å². The van der Waals surface area contributed by atoms with Gasteiger partial charge in [-0.05, 0) is 36.8 Å². The van der Waals surface area contributed by atoms with Crippen LogP contribution in [0.2, 0.25) is 0 Å². The van der Waals surface area contributed by atoms with Gasteiger partial charge in [0.1, 0.15) is 16.9 Å². The third-order valence-corrected chi connectivity index (χ3v) is 6.42. The van der Waals surface area contributed by atoms with Gasteiger partial charge in [0.2, 0.25) is 0 Å². The van der Waals surface area contributed by atoms with Gasteiger partial charge in [-0.15, -0.1) is 0 Å². The zero-order chi connectivity index (χ0) is 25.8. The van der Waals surface area contributed by atoms with Crippen LogP contribution in [0.4, 0.5) is 5.69 Å². The van der Waals surface area contributed by atoms with Crippen LogP contribution in [0.25, 0.3) is 11.0 Å². The molecule has 0 N–H and O–H groups in total. The van der Waals surface area contributed by atoms with Crippen molar-refractivity contribution >= 4 is 28.6 Å². The highest BCUT2D eigenvalue weighted by atomic mass is 16.5. The van der Waals surface area contributed by atoms with Crippen molar-refractivity contribution in [1.82, 2.24) is 19.4 Å². The first kappa shape index (κ1) is 24.2. The first-order valence-electron chi connectivity index (χ1n) is 12.3. The van der Waals surface area contributed by atoms with Crippen LogP contribution < -0.4 is 10.5 Å². The third-order valence-electron chi connectivity index (χ3n) is 6.42. The fourth-order valence-electron chi connectivity index (χ4n) is 4.68. The highest BCUT2D eigenvalue weighted by Crippen LogP contribution is 2.30. The summed E-state index contributed by atoms with van der Waals surface area (Å²) in [6, 6.07) is 18.5. The zero-order valence-corrected chi connectivity index (χ0v) is 20.5. The number of pyridine rings is 3. The predicted octanol–water partition coefficient (Wildman–Crippen LogP) is 2.98. The number of carbonyl (C=O) groups excluding carboxylic acids is 2. The quantitative estimate of drug-likeness (QED) is 0.378. The molecule has 0 atom stereocenters. The minimum Gasteiger partial charge on any atom is -0.462 e. The lowest BCUT2D eigenvalue weighted by Gasteiger charge is -2.37. The van der Waals surface area contributed by atoms with E-state index in [1.165, 1.54) is 4.57 Å². The molecule has 0 radical (unpaired) electrons. The second-order valence-corrected chi connectivity index (χ2v) is 8.69. The largest absolute Gasteiger partial charge is 0.462 e. The van der Waals surface area contributed by atoms with Gasteiger partial charge in [0, 0.05) is 44.0 Å². The maximum absolute atomic E-state index is 13.8. The van der Waals surface area contributed by atoms with Gasteiger partial charge in [0.15, 0.2) is 0 Å². The molecule has 0 aliphatic carbocycles. The highest BCUT2D eigenvalue weighted by Gasteiger charge is 2.30. The molecule has 0 bridgehead atoms. The number of nitrogens with zero attached hydrogens (tertiary/aromatic N) is 5. The Morgan fingerprint density at radius 1 is 0.892 bits per heavy atom. The molecule has 0 spiro atoms. The summed E-state index contributed by atoms with van der Waals surface area (Å²) in [7, 11) is 0. The molecule has 1 aliphatic heterocycles. The zero-order valence-electron chi connectivity index (χ0n) is 20.5. The van der Waals surface area contributed by atoms with Crippen molar-refractivity contribution in [3.63, 3.8) is 0 Å². The van der Waals surface area contributed by atoms with E-state index in [-0.39, 0.29) is 24.6 Å². The summed E-state index contributed by atoms with van der Waals surface area (Å²) in [6.45, 7) is 3.86. The molecule has 1 amide bonds. The summed E-state index contributed by atoms with van der Waals surface area (Å²) in [4.78, 5) is 52.3. The number of esters is 1. The fourth-order valence-corrected chi connectivity index (χ4v) is 4.68. The second-order valence-electron chi connectivity index (χ2n) is 8.69. The Balaban J connectivity index is 1.56. The normalized spacial score (nSPS) is 13.5. The number of aromatic nitrogens is 3. The smallest absolute Gasteiger partial charge is 0.345 e. The number of piperazine rings is 1. The van der Waals surface area contributed by atoms with Crippen LogP contribution in [0.3, 0.4) is 0 Å². The van der Waals surface area contributed by atoms with Crippen LogP contribution in [0.15, 0.2) is 77.9 Å². The number of anilines is 1. The molecule has 0 unspecified atom stereocenters. The third kappa shape index (κ3) is 4.80. The Morgan fingerprint density at radius 2 is 1.62 bits per heavy atom. The van der Waals surface area contributed by atoms with E-state index in [1.54, 1.807) is 48.5 Å².